The third kappa shape index (κ3) is 9.64. The van der Waals surface area contributed by atoms with Gasteiger partial charge in [-0.25, -0.2) is 17.2 Å². The van der Waals surface area contributed by atoms with E-state index in [0.717, 1.165) is 44.7 Å². The van der Waals surface area contributed by atoms with Crippen molar-refractivity contribution in [2.75, 3.05) is 23.7 Å². The first-order chi connectivity index (χ1) is 19.5. The minimum atomic E-state index is -3.85. The number of hydrogen-bond acceptors (Lipinski definition) is 4. The van der Waals surface area contributed by atoms with Gasteiger partial charge in [0.15, 0.2) is 11.6 Å². The summed E-state index contributed by atoms with van der Waals surface area (Å²) in [6, 6.07) is 18.9. The molecule has 0 aliphatic heterocycles. The normalized spacial score (nSPS) is 12.0. The third-order valence-electron chi connectivity index (χ3n) is 6.43. The Morgan fingerprint density at radius 2 is 1.63 bits per heavy atom. The van der Waals surface area contributed by atoms with E-state index in [0.29, 0.717) is 13.0 Å². The van der Waals surface area contributed by atoms with Gasteiger partial charge in [-0.2, -0.15) is 0 Å². The quantitative estimate of drug-likeness (QED) is 0.252. The molecule has 3 aromatic carbocycles. The molecule has 41 heavy (non-hydrogen) atoms. The average Bonchev–Trinajstić information content (AvgIpc) is 2.94. The van der Waals surface area contributed by atoms with Crippen molar-refractivity contribution < 1.29 is 26.8 Å². The first-order valence-corrected chi connectivity index (χ1v) is 15.9. The molecule has 220 valence electrons. The molecule has 0 bridgehead atoms. The minimum Gasteiger partial charge on any atom is -0.354 e. The second kappa shape index (κ2) is 15.1. The van der Waals surface area contributed by atoms with E-state index in [1.807, 2.05) is 61.5 Å². The summed E-state index contributed by atoms with van der Waals surface area (Å²) in [5.74, 6) is -2.87. The zero-order valence-electron chi connectivity index (χ0n) is 23.0. The van der Waals surface area contributed by atoms with Crippen LogP contribution in [0, 0.1) is 11.6 Å². The van der Waals surface area contributed by atoms with Gasteiger partial charge in [0.2, 0.25) is 21.8 Å². The molecule has 0 aliphatic carbocycles. The van der Waals surface area contributed by atoms with Crippen LogP contribution in [-0.4, -0.2) is 50.5 Å². The maximum absolute atomic E-state index is 13.8. The zero-order valence-corrected chi connectivity index (χ0v) is 25.4. The van der Waals surface area contributed by atoms with Gasteiger partial charge >= 0.3 is 0 Å². The molecule has 2 amide bonds. The Morgan fingerprint density at radius 3 is 2.24 bits per heavy atom. The Hall–Kier alpha value is -3.31. The number of nitrogens with zero attached hydrogens (tertiary/aromatic N) is 2. The second-order valence-electron chi connectivity index (χ2n) is 9.68. The van der Waals surface area contributed by atoms with Crippen molar-refractivity contribution in [2.45, 2.75) is 45.2 Å². The van der Waals surface area contributed by atoms with Crippen molar-refractivity contribution in [1.82, 2.24) is 10.2 Å². The molecule has 0 aromatic heterocycles. The lowest BCUT2D eigenvalue weighted by atomic mass is 10.0. The van der Waals surface area contributed by atoms with Crippen LogP contribution >= 0.6 is 15.9 Å². The van der Waals surface area contributed by atoms with Crippen LogP contribution in [0.4, 0.5) is 14.5 Å². The highest BCUT2D eigenvalue weighted by atomic mass is 79.9. The van der Waals surface area contributed by atoms with Crippen LogP contribution in [0.3, 0.4) is 0 Å². The number of rotatable bonds is 14. The van der Waals surface area contributed by atoms with Gasteiger partial charge in [-0.3, -0.25) is 13.9 Å². The maximum atomic E-state index is 13.8. The van der Waals surface area contributed by atoms with Crippen LogP contribution < -0.4 is 9.62 Å². The third-order valence-corrected chi connectivity index (χ3v) is 8.15. The maximum Gasteiger partial charge on any atom is 0.243 e. The van der Waals surface area contributed by atoms with Crippen molar-refractivity contribution >= 4 is 43.5 Å². The minimum absolute atomic E-state index is 0.0357. The fourth-order valence-electron chi connectivity index (χ4n) is 4.35. The number of amides is 2. The number of nitrogens with one attached hydrogen (secondary N) is 1. The highest BCUT2D eigenvalue weighted by molar-refractivity contribution is 9.10. The fourth-order valence-corrected chi connectivity index (χ4v) is 5.57. The van der Waals surface area contributed by atoms with Gasteiger partial charge in [0.25, 0.3) is 0 Å². The van der Waals surface area contributed by atoms with Gasteiger partial charge in [0.05, 0.1) is 11.9 Å². The molecule has 0 fully saturated rings. The predicted molar refractivity (Wildman–Crippen MR) is 160 cm³/mol. The molecule has 0 spiro atoms. The summed E-state index contributed by atoms with van der Waals surface area (Å²) in [5, 5.41) is 2.91. The highest BCUT2D eigenvalue weighted by Crippen LogP contribution is 2.22. The number of carbonyl (C=O) groups is 2. The van der Waals surface area contributed by atoms with E-state index in [4.69, 9.17) is 0 Å². The number of anilines is 1. The van der Waals surface area contributed by atoms with Crippen molar-refractivity contribution in [1.29, 1.82) is 0 Å². The first kappa shape index (κ1) is 32.2. The standard InChI is InChI=1S/C30H34BrF2N3O4S/c1-3-17-34-30(38)28(19-22-8-5-4-6-9-22)35(21-23-11-13-24(31)14-12-23)29(37)10-7-18-36(41(2,39)40)25-15-16-26(32)27(33)20-25/h4-6,8-9,11-16,20,28H,3,7,10,17-19,21H2,1-2H3,(H,34,38)/t28-/m0/s1. The molecule has 0 saturated carbocycles. The van der Waals surface area contributed by atoms with Gasteiger partial charge in [-0.15, -0.1) is 0 Å². The Kier molecular flexibility index (Phi) is 11.8. The van der Waals surface area contributed by atoms with Crippen LogP contribution in [0.25, 0.3) is 0 Å². The molecule has 3 aromatic rings. The number of halogens is 3. The van der Waals surface area contributed by atoms with E-state index < -0.39 is 27.7 Å². The molecule has 0 heterocycles. The number of carbonyl (C=O) groups excluding carboxylic acids is 2. The van der Waals surface area contributed by atoms with E-state index in [1.54, 1.807) is 0 Å². The zero-order chi connectivity index (χ0) is 30.0. The van der Waals surface area contributed by atoms with E-state index in [1.165, 1.54) is 11.0 Å². The second-order valence-corrected chi connectivity index (χ2v) is 12.5. The lowest BCUT2D eigenvalue weighted by Gasteiger charge is -2.32. The van der Waals surface area contributed by atoms with E-state index in [-0.39, 0.29) is 43.4 Å². The van der Waals surface area contributed by atoms with Crippen LogP contribution in [0.2, 0.25) is 0 Å². The first-order valence-electron chi connectivity index (χ1n) is 13.3. The Balaban J connectivity index is 1.87. The molecule has 3 rings (SSSR count). The van der Waals surface area contributed by atoms with Gasteiger partial charge < -0.3 is 10.2 Å². The fraction of sp³-hybridized carbons (Fsp3) is 0.333. The monoisotopic (exact) mass is 649 g/mol. The summed E-state index contributed by atoms with van der Waals surface area (Å²) in [6.07, 6.45) is 2.01. The van der Waals surface area contributed by atoms with Crippen LogP contribution in [0.1, 0.15) is 37.3 Å². The van der Waals surface area contributed by atoms with Gasteiger partial charge in [-0.1, -0.05) is 65.3 Å². The van der Waals surface area contributed by atoms with Crippen molar-refractivity contribution in [3.8, 4) is 0 Å². The summed E-state index contributed by atoms with van der Waals surface area (Å²) in [5.41, 5.74) is 1.67. The molecule has 0 radical (unpaired) electrons. The van der Waals surface area contributed by atoms with Crippen LogP contribution in [-0.2, 0) is 32.6 Å². The number of sulfonamides is 1. The Bertz CT molecular complexity index is 1420. The van der Waals surface area contributed by atoms with Crippen molar-refractivity contribution in [3.05, 3.63) is 100 Å². The molecule has 0 aliphatic rings. The largest absolute Gasteiger partial charge is 0.354 e. The lowest BCUT2D eigenvalue weighted by molar-refractivity contribution is -0.141. The number of benzene rings is 3. The summed E-state index contributed by atoms with van der Waals surface area (Å²) in [6.45, 7) is 2.44. The summed E-state index contributed by atoms with van der Waals surface area (Å²) in [4.78, 5) is 28.7. The summed E-state index contributed by atoms with van der Waals surface area (Å²) in [7, 11) is -3.85. The smallest absolute Gasteiger partial charge is 0.243 e. The molecular formula is C30H34BrF2N3O4S. The van der Waals surface area contributed by atoms with E-state index in [2.05, 4.69) is 21.2 Å². The topological polar surface area (TPSA) is 86.8 Å². The molecule has 0 saturated heterocycles. The van der Waals surface area contributed by atoms with Crippen molar-refractivity contribution in [2.24, 2.45) is 0 Å². The summed E-state index contributed by atoms with van der Waals surface area (Å²) >= 11 is 3.41. The molecule has 0 unspecified atom stereocenters. The van der Waals surface area contributed by atoms with E-state index >= 15 is 0 Å². The SMILES string of the molecule is CCCNC(=O)[C@H](Cc1ccccc1)N(Cc1ccc(Br)cc1)C(=O)CCCN(c1ccc(F)c(F)c1)S(C)(=O)=O. The molecule has 1 N–H and O–H groups in total. The Labute approximate surface area is 248 Å². The lowest BCUT2D eigenvalue weighted by Crippen LogP contribution is -2.50. The van der Waals surface area contributed by atoms with Crippen LogP contribution in [0.5, 0.6) is 0 Å². The number of hydrogen-bond donors (Lipinski definition) is 1. The highest BCUT2D eigenvalue weighted by Gasteiger charge is 2.30. The molecular weight excluding hydrogens is 616 g/mol. The molecule has 11 heteroatoms. The average molecular weight is 651 g/mol. The van der Waals surface area contributed by atoms with Crippen LogP contribution in [0.15, 0.2) is 77.3 Å². The molecule has 7 nitrogen and oxygen atoms in total. The van der Waals surface area contributed by atoms with Crippen molar-refractivity contribution in [3.63, 3.8) is 0 Å². The van der Waals surface area contributed by atoms with E-state index in [9.17, 15) is 26.8 Å². The molecule has 1 atom stereocenters. The van der Waals surface area contributed by atoms with Gasteiger partial charge in [-0.05, 0) is 48.2 Å². The predicted octanol–water partition coefficient (Wildman–Crippen LogP) is 5.44. The summed E-state index contributed by atoms with van der Waals surface area (Å²) < 4.78 is 54.0. The van der Waals surface area contributed by atoms with Gasteiger partial charge in [0.1, 0.15) is 6.04 Å². The Morgan fingerprint density at radius 1 is 0.951 bits per heavy atom. The van der Waals surface area contributed by atoms with Gasteiger partial charge in [0, 0.05) is 43.0 Å².